The number of hydrogen-bond donors (Lipinski definition) is 0. The summed E-state index contributed by atoms with van der Waals surface area (Å²) in [5.74, 6) is -1.60. The number of cyclic esters (lactones) is 1. The van der Waals surface area contributed by atoms with Crippen molar-refractivity contribution in [3.8, 4) is 0 Å². The number of carbonyl (C=O) groups excluding carboxylic acids is 4. The van der Waals surface area contributed by atoms with Gasteiger partial charge in [0, 0.05) is 16.9 Å². The van der Waals surface area contributed by atoms with E-state index in [0.29, 0.717) is 18.4 Å². The molecule has 9 nitrogen and oxygen atoms in total. The molecule has 0 radical (unpaired) electrons. The third kappa shape index (κ3) is 6.17. The van der Waals surface area contributed by atoms with Crippen LogP contribution in [0, 0.1) is 0 Å². The van der Waals surface area contributed by atoms with Crippen LogP contribution in [0.25, 0.3) is 0 Å². The first-order chi connectivity index (χ1) is 16.5. The molecule has 3 rings (SSSR count). The maximum atomic E-state index is 13.3. The molecular weight excluding hydrogens is 474 g/mol. The highest BCUT2D eigenvalue weighted by atomic mass is 32.2. The van der Waals surface area contributed by atoms with Crippen molar-refractivity contribution in [3.05, 3.63) is 42.0 Å². The van der Waals surface area contributed by atoms with Crippen molar-refractivity contribution in [1.29, 1.82) is 0 Å². The van der Waals surface area contributed by atoms with E-state index in [1.807, 2.05) is 30.3 Å². The quantitative estimate of drug-likeness (QED) is 0.403. The highest BCUT2D eigenvalue weighted by Gasteiger charge is 2.57. The number of ether oxygens (including phenoxy) is 4. The summed E-state index contributed by atoms with van der Waals surface area (Å²) >= 11 is 1.27. The molecule has 1 aromatic rings. The molecule has 3 atom stereocenters. The van der Waals surface area contributed by atoms with Crippen molar-refractivity contribution < 1.29 is 38.1 Å². The molecule has 1 fully saturated rings. The Kier molecular flexibility index (Phi) is 8.15. The molecule has 0 spiro atoms. The lowest BCUT2D eigenvalue weighted by Gasteiger charge is -2.39. The van der Waals surface area contributed by atoms with Crippen LogP contribution >= 0.6 is 11.8 Å². The normalized spacial score (nSPS) is 24.0. The Morgan fingerprint density at radius 2 is 1.80 bits per heavy atom. The number of hydrogen-bond acceptors (Lipinski definition) is 9. The van der Waals surface area contributed by atoms with Crippen molar-refractivity contribution in [2.75, 3.05) is 14.2 Å². The summed E-state index contributed by atoms with van der Waals surface area (Å²) in [5, 5.41) is 0. The van der Waals surface area contributed by atoms with E-state index in [1.165, 1.54) is 30.9 Å². The summed E-state index contributed by atoms with van der Waals surface area (Å²) in [6.07, 6.45) is 1.79. The standard InChI is InChI=1S/C25H31NO8S/c1-24(2,3)34-23(30)26-18(22(29)32-5)12-13-19(26)25(35-17-9-7-6-8-10-17)15-16(21(28)33-25)11-14-20(27)31-4/h6-10,15,18-19H,11-14H2,1-5H3/t18-,19?,25?/m0/s1. The number of esters is 3. The first kappa shape index (κ1) is 26.6. The lowest BCUT2D eigenvalue weighted by atomic mass is 10.0. The lowest BCUT2D eigenvalue weighted by molar-refractivity contribution is -0.148. The molecule has 0 aromatic heterocycles. The van der Waals surface area contributed by atoms with Crippen LogP contribution < -0.4 is 0 Å². The van der Waals surface area contributed by atoms with Crippen molar-refractivity contribution in [2.45, 2.75) is 74.0 Å². The van der Waals surface area contributed by atoms with E-state index >= 15 is 0 Å². The van der Waals surface area contributed by atoms with Crippen LogP contribution in [0.3, 0.4) is 0 Å². The molecule has 1 aromatic carbocycles. The zero-order chi connectivity index (χ0) is 25.8. The van der Waals surface area contributed by atoms with Gasteiger partial charge < -0.3 is 18.9 Å². The molecule has 2 aliphatic rings. The van der Waals surface area contributed by atoms with Gasteiger partial charge in [0.15, 0.2) is 0 Å². The second-order valence-corrected chi connectivity index (χ2v) is 10.6. The second kappa shape index (κ2) is 10.7. The minimum Gasteiger partial charge on any atom is -0.469 e. The molecule has 0 bridgehead atoms. The topological polar surface area (TPSA) is 108 Å². The van der Waals surface area contributed by atoms with Crippen LogP contribution in [0.1, 0.15) is 46.5 Å². The number of carbonyl (C=O) groups is 4. The molecule has 10 heteroatoms. The second-order valence-electron chi connectivity index (χ2n) is 9.29. The fraction of sp³-hybridized carbons (Fsp3) is 0.520. The maximum Gasteiger partial charge on any atom is 0.411 e. The van der Waals surface area contributed by atoms with Crippen molar-refractivity contribution in [2.24, 2.45) is 0 Å². The first-order valence-corrected chi connectivity index (χ1v) is 12.2. The molecule has 0 aliphatic carbocycles. The maximum absolute atomic E-state index is 13.3. The molecule has 35 heavy (non-hydrogen) atoms. The van der Waals surface area contributed by atoms with Crippen LogP contribution in [-0.2, 0) is 33.3 Å². The number of likely N-dealkylation sites (tertiary alicyclic amines) is 1. The molecule has 0 saturated carbocycles. The van der Waals surface area contributed by atoms with E-state index in [9.17, 15) is 19.2 Å². The summed E-state index contributed by atoms with van der Waals surface area (Å²) in [4.78, 5) is 51.4. The fourth-order valence-electron chi connectivity index (χ4n) is 4.15. The number of thioether (sulfide) groups is 1. The zero-order valence-corrected chi connectivity index (χ0v) is 21.4. The van der Waals surface area contributed by atoms with Gasteiger partial charge in [0.05, 0.1) is 20.3 Å². The zero-order valence-electron chi connectivity index (χ0n) is 20.6. The monoisotopic (exact) mass is 505 g/mol. The van der Waals surface area contributed by atoms with Crippen molar-refractivity contribution in [1.82, 2.24) is 4.90 Å². The van der Waals surface area contributed by atoms with Crippen LogP contribution in [-0.4, -0.2) is 65.7 Å². The fourth-order valence-corrected chi connectivity index (χ4v) is 5.50. The predicted octanol–water partition coefficient (Wildman–Crippen LogP) is 3.85. The Labute approximate surface area is 209 Å². The number of amides is 1. The molecule has 2 heterocycles. The third-order valence-corrected chi connectivity index (χ3v) is 6.96. The van der Waals surface area contributed by atoms with Crippen molar-refractivity contribution >= 4 is 35.8 Å². The minimum atomic E-state index is -1.33. The summed E-state index contributed by atoms with van der Waals surface area (Å²) in [7, 11) is 2.54. The SMILES string of the molecule is COC(=O)CCC1=CC(Sc2ccccc2)(C2CC[C@@H](C(=O)OC)N2C(=O)OC(C)(C)C)OC1=O. The average Bonchev–Trinajstić information content (AvgIpc) is 3.39. The molecule has 2 aliphatic heterocycles. The predicted molar refractivity (Wildman–Crippen MR) is 127 cm³/mol. The van der Waals surface area contributed by atoms with Gasteiger partial charge in [-0.25, -0.2) is 14.4 Å². The van der Waals surface area contributed by atoms with Crippen LogP contribution in [0.2, 0.25) is 0 Å². The third-order valence-electron chi connectivity index (χ3n) is 5.66. The molecule has 1 saturated heterocycles. The Balaban J connectivity index is 2.04. The van der Waals surface area contributed by atoms with Gasteiger partial charge in [-0.3, -0.25) is 9.69 Å². The van der Waals surface area contributed by atoms with E-state index in [0.717, 1.165) is 4.90 Å². The van der Waals surface area contributed by atoms with E-state index < -0.39 is 46.6 Å². The summed E-state index contributed by atoms with van der Waals surface area (Å²) in [6.45, 7) is 5.20. The van der Waals surface area contributed by atoms with Gasteiger partial charge in [0.2, 0.25) is 4.93 Å². The Bertz CT molecular complexity index is 1000. The van der Waals surface area contributed by atoms with Gasteiger partial charge in [0.1, 0.15) is 11.6 Å². The minimum absolute atomic E-state index is 0.00868. The lowest BCUT2D eigenvalue weighted by Crippen LogP contribution is -2.55. The number of benzene rings is 1. The Morgan fingerprint density at radius 1 is 1.11 bits per heavy atom. The number of methoxy groups -OCH3 is 2. The van der Waals surface area contributed by atoms with Gasteiger partial charge in [0.25, 0.3) is 0 Å². The summed E-state index contributed by atoms with van der Waals surface area (Å²) in [5.41, 5.74) is -0.497. The van der Waals surface area contributed by atoms with Crippen LogP contribution in [0.4, 0.5) is 4.79 Å². The summed E-state index contributed by atoms with van der Waals surface area (Å²) in [6, 6.07) is 7.70. The van der Waals surface area contributed by atoms with Crippen LogP contribution in [0.5, 0.6) is 0 Å². The molecule has 2 unspecified atom stereocenters. The highest BCUT2D eigenvalue weighted by Crippen LogP contribution is 2.49. The molecule has 0 N–H and O–H groups in total. The smallest absolute Gasteiger partial charge is 0.411 e. The van der Waals surface area contributed by atoms with E-state index in [-0.39, 0.29) is 12.8 Å². The average molecular weight is 506 g/mol. The van der Waals surface area contributed by atoms with Gasteiger partial charge in [-0.05, 0) is 58.2 Å². The first-order valence-electron chi connectivity index (χ1n) is 11.3. The summed E-state index contributed by atoms with van der Waals surface area (Å²) < 4.78 is 21.2. The number of rotatable bonds is 7. The van der Waals surface area contributed by atoms with Gasteiger partial charge in [-0.2, -0.15) is 0 Å². The largest absolute Gasteiger partial charge is 0.469 e. The van der Waals surface area contributed by atoms with E-state index in [4.69, 9.17) is 18.9 Å². The molecule has 190 valence electrons. The van der Waals surface area contributed by atoms with E-state index in [2.05, 4.69) is 0 Å². The number of nitrogens with zero attached hydrogens (tertiary/aromatic N) is 1. The van der Waals surface area contributed by atoms with Crippen LogP contribution in [0.15, 0.2) is 46.9 Å². The van der Waals surface area contributed by atoms with E-state index in [1.54, 1.807) is 26.8 Å². The molecular formula is C25H31NO8S. The van der Waals surface area contributed by atoms with Gasteiger partial charge >= 0.3 is 24.0 Å². The van der Waals surface area contributed by atoms with Gasteiger partial charge in [-0.15, -0.1) is 0 Å². The Hall–Kier alpha value is -3.01. The van der Waals surface area contributed by atoms with Crippen molar-refractivity contribution in [3.63, 3.8) is 0 Å². The molecule has 1 amide bonds. The highest BCUT2D eigenvalue weighted by molar-refractivity contribution is 8.00. The Morgan fingerprint density at radius 3 is 2.40 bits per heavy atom. The van der Waals surface area contributed by atoms with Gasteiger partial charge in [-0.1, -0.05) is 30.0 Å².